The molecule has 44 heavy (non-hydrogen) atoms. The fourth-order valence-electron chi connectivity index (χ4n) is 8.24. The second kappa shape index (κ2) is 9.01. The van der Waals surface area contributed by atoms with Crippen molar-refractivity contribution in [2.45, 2.75) is 26.2 Å². The lowest BCUT2D eigenvalue weighted by atomic mass is 9.91. The van der Waals surface area contributed by atoms with Crippen molar-refractivity contribution >= 4 is 58.4 Å². The molecule has 0 atom stereocenters. The minimum atomic E-state index is -1.88. The molecule has 2 heterocycles. The molecule has 0 N–H and O–H groups in total. The topological polar surface area (TPSA) is 0 Å². The third-order valence-corrected chi connectivity index (χ3v) is 17.7. The van der Waals surface area contributed by atoms with Crippen molar-refractivity contribution in [3.8, 4) is 44.5 Å². The number of fused-ring (bicyclic) bond motifs is 10. The van der Waals surface area contributed by atoms with Crippen molar-refractivity contribution in [2.24, 2.45) is 0 Å². The SMILES string of the molecule is C[Si]1(C)c2cc(-c3ccccc3)ccc2-c2c1ccc1c3c(ccc21)[Si](C)(C)c1cc(-c2ccc4ccccc4c2)ccc1-3. The van der Waals surface area contributed by atoms with Crippen LogP contribution in [0.25, 0.3) is 66.1 Å². The van der Waals surface area contributed by atoms with Crippen LogP contribution in [0.1, 0.15) is 0 Å². The lowest BCUT2D eigenvalue weighted by molar-refractivity contribution is 1.63. The summed E-state index contributed by atoms with van der Waals surface area (Å²) in [5.74, 6) is 0. The van der Waals surface area contributed by atoms with Gasteiger partial charge in [-0.15, -0.1) is 0 Å². The molecule has 0 saturated heterocycles. The first-order chi connectivity index (χ1) is 21.3. The van der Waals surface area contributed by atoms with E-state index in [0.717, 1.165) is 0 Å². The van der Waals surface area contributed by atoms with E-state index in [9.17, 15) is 0 Å². The highest BCUT2D eigenvalue weighted by Gasteiger charge is 2.41. The molecule has 0 radical (unpaired) electrons. The Morgan fingerprint density at radius 1 is 0.341 bits per heavy atom. The summed E-state index contributed by atoms with van der Waals surface area (Å²) in [5.41, 5.74) is 11.1. The van der Waals surface area contributed by atoms with Gasteiger partial charge in [0.15, 0.2) is 0 Å². The highest BCUT2D eigenvalue weighted by molar-refractivity contribution is 7.05. The maximum absolute atomic E-state index is 2.54. The van der Waals surface area contributed by atoms with Crippen molar-refractivity contribution in [2.75, 3.05) is 0 Å². The zero-order chi connectivity index (χ0) is 29.8. The number of hydrogen-bond acceptors (Lipinski definition) is 0. The van der Waals surface area contributed by atoms with Crippen LogP contribution in [0.15, 0.2) is 133 Å². The predicted molar refractivity (Wildman–Crippen MR) is 197 cm³/mol. The van der Waals surface area contributed by atoms with Crippen LogP contribution in [0.5, 0.6) is 0 Å². The molecule has 210 valence electrons. The fraction of sp³-hybridized carbons (Fsp3) is 0.0952. The first-order valence-corrected chi connectivity index (χ1v) is 21.8. The van der Waals surface area contributed by atoms with E-state index in [1.165, 1.54) is 66.1 Å². The van der Waals surface area contributed by atoms with Gasteiger partial charge in [0.2, 0.25) is 0 Å². The molecule has 2 aliphatic rings. The summed E-state index contributed by atoms with van der Waals surface area (Å²) in [7, 11) is -3.72. The van der Waals surface area contributed by atoms with Gasteiger partial charge in [-0.25, -0.2) is 0 Å². The van der Waals surface area contributed by atoms with Crippen molar-refractivity contribution in [3.05, 3.63) is 133 Å². The molecule has 0 unspecified atom stereocenters. The Bertz CT molecular complexity index is 2330. The highest BCUT2D eigenvalue weighted by atomic mass is 28.3. The zero-order valence-corrected chi connectivity index (χ0v) is 27.7. The molecular formula is C42H34Si2. The van der Waals surface area contributed by atoms with Gasteiger partial charge in [0, 0.05) is 0 Å². The first kappa shape index (κ1) is 25.9. The number of hydrogen-bond donors (Lipinski definition) is 0. The lowest BCUT2D eigenvalue weighted by Gasteiger charge is -2.21. The molecule has 0 saturated carbocycles. The van der Waals surface area contributed by atoms with Gasteiger partial charge in [-0.1, -0.05) is 154 Å². The maximum atomic E-state index is 2.54. The zero-order valence-electron chi connectivity index (χ0n) is 25.7. The average Bonchev–Trinajstić information content (AvgIpc) is 3.44. The van der Waals surface area contributed by atoms with Crippen LogP contribution in [0.3, 0.4) is 0 Å². The van der Waals surface area contributed by atoms with Crippen LogP contribution in [0.2, 0.25) is 26.2 Å². The van der Waals surface area contributed by atoms with E-state index in [4.69, 9.17) is 0 Å². The summed E-state index contributed by atoms with van der Waals surface area (Å²) < 4.78 is 0. The van der Waals surface area contributed by atoms with Crippen molar-refractivity contribution < 1.29 is 0 Å². The lowest BCUT2D eigenvalue weighted by Crippen LogP contribution is -2.49. The van der Waals surface area contributed by atoms with Gasteiger partial charge in [-0.2, -0.15) is 0 Å². The van der Waals surface area contributed by atoms with Crippen molar-refractivity contribution in [1.82, 2.24) is 0 Å². The molecule has 0 aliphatic carbocycles. The molecule has 0 aromatic heterocycles. The molecule has 9 rings (SSSR count). The van der Waals surface area contributed by atoms with E-state index in [-0.39, 0.29) is 0 Å². The third kappa shape index (κ3) is 3.50. The summed E-state index contributed by atoms with van der Waals surface area (Å²) in [5, 5.41) is 11.7. The number of benzene rings is 7. The molecule has 0 nitrogen and oxygen atoms in total. The van der Waals surface area contributed by atoms with Gasteiger partial charge in [0.05, 0.1) is 0 Å². The summed E-state index contributed by atoms with van der Waals surface area (Å²) in [6.45, 7) is 10.1. The van der Waals surface area contributed by atoms with E-state index < -0.39 is 16.1 Å². The molecule has 0 amide bonds. The van der Waals surface area contributed by atoms with Gasteiger partial charge >= 0.3 is 0 Å². The van der Waals surface area contributed by atoms with E-state index in [1.807, 2.05) is 0 Å². The van der Waals surface area contributed by atoms with Crippen LogP contribution < -0.4 is 20.7 Å². The molecule has 0 fully saturated rings. The average molecular weight is 595 g/mol. The molecule has 2 aliphatic heterocycles. The van der Waals surface area contributed by atoms with Crippen LogP contribution >= 0.6 is 0 Å². The Labute approximate surface area is 261 Å². The van der Waals surface area contributed by atoms with Crippen LogP contribution in [-0.4, -0.2) is 16.1 Å². The largest absolute Gasteiger partial charge is 0.113 e. The molecule has 0 spiro atoms. The van der Waals surface area contributed by atoms with Gasteiger partial charge in [-0.3, -0.25) is 0 Å². The first-order valence-electron chi connectivity index (χ1n) is 15.8. The van der Waals surface area contributed by atoms with E-state index in [1.54, 1.807) is 20.7 Å². The Kier molecular flexibility index (Phi) is 5.31. The maximum Gasteiger partial charge on any atom is 0.113 e. The standard InChI is InChI=1S/C42H34Si2/c1-43(2)37-22-20-34-33(41(37)35-18-16-31(25-39(35)43)27-10-6-5-7-11-27)21-23-38-42(34)36-19-17-32(26-40(36)44(38,3)4)30-15-14-28-12-8-9-13-29(28)24-30/h5-26H,1-4H3. The van der Waals surface area contributed by atoms with E-state index in [2.05, 4.69) is 160 Å². The summed E-state index contributed by atoms with van der Waals surface area (Å²) in [6, 6.07) is 50.8. The Hall–Kier alpha value is -4.51. The van der Waals surface area contributed by atoms with Crippen LogP contribution in [0.4, 0.5) is 0 Å². The minimum Gasteiger partial charge on any atom is -0.0622 e. The highest BCUT2D eigenvalue weighted by Crippen LogP contribution is 2.41. The van der Waals surface area contributed by atoms with Gasteiger partial charge in [0.25, 0.3) is 0 Å². The molecule has 2 heteroatoms. The Balaban J connectivity index is 1.23. The fourth-order valence-corrected chi connectivity index (χ4v) is 14.4. The van der Waals surface area contributed by atoms with Crippen molar-refractivity contribution in [1.29, 1.82) is 0 Å². The quantitative estimate of drug-likeness (QED) is 0.175. The number of rotatable bonds is 2. The third-order valence-electron chi connectivity index (χ3n) is 10.7. The van der Waals surface area contributed by atoms with Crippen molar-refractivity contribution in [3.63, 3.8) is 0 Å². The summed E-state index contributed by atoms with van der Waals surface area (Å²) >= 11 is 0. The minimum absolute atomic E-state index is 1.29. The monoisotopic (exact) mass is 594 g/mol. The normalized spacial score (nSPS) is 15.2. The predicted octanol–water partition coefficient (Wildman–Crippen LogP) is 8.93. The van der Waals surface area contributed by atoms with E-state index >= 15 is 0 Å². The Morgan fingerprint density at radius 2 is 0.818 bits per heavy atom. The van der Waals surface area contributed by atoms with Gasteiger partial charge < -0.3 is 0 Å². The Morgan fingerprint density at radius 3 is 1.41 bits per heavy atom. The van der Waals surface area contributed by atoms with Gasteiger partial charge in [0.1, 0.15) is 16.1 Å². The molecule has 7 aromatic rings. The molecule has 0 bridgehead atoms. The molecule has 7 aromatic carbocycles. The second-order valence-corrected chi connectivity index (χ2v) is 22.4. The second-order valence-electron chi connectivity index (χ2n) is 13.8. The summed E-state index contributed by atoms with van der Waals surface area (Å²) in [6.07, 6.45) is 0. The van der Waals surface area contributed by atoms with E-state index in [0.29, 0.717) is 0 Å². The summed E-state index contributed by atoms with van der Waals surface area (Å²) in [4.78, 5) is 0. The van der Waals surface area contributed by atoms with Crippen LogP contribution in [0, 0.1) is 0 Å². The molecular weight excluding hydrogens is 561 g/mol. The van der Waals surface area contributed by atoms with Crippen LogP contribution in [-0.2, 0) is 0 Å². The smallest absolute Gasteiger partial charge is 0.0622 e. The van der Waals surface area contributed by atoms with Gasteiger partial charge in [-0.05, 0) is 92.9 Å².